The molecule has 3 nitrogen and oxygen atoms in total. The van der Waals surface area contributed by atoms with Gasteiger partial charge in [-0.25, -0.2) is 0 Å². The Morgan fingerprint density at radius 3 is 2.68 bits per heavy atom. The molecule has 0 fully saturated rings. The Morgan fingerprint density at radius 1 is 1.06 bits per heavy atom. The monoisotopic (exact) mass is 426 g/mol. The minimum Gasteiger partial charge on any atom is -0.378 e. The van der Waals surface area contributed by atoms with E-state index in [0.29, 0.717) is 17.4 Å². The molecule has 2 aliphatic rings. The number of benzene rings is 3. The van der Waals surface area contributed by atoms with Gasteiger partial charge in [0, 0.05) is 27.8 Å². The van der Waals surface area contributed by atoms with Crippen LogP contribution in [0, 0.1) is 12.8 Å². The summed E-state index contributed by atoms with van der Waals surface area (Å²) in [4.78, 5) is 14.0. The maximum absolute atomic E-state index is 12.7. The highest BCUT2D eigenvalue weighted by atomic mass is 32.2. The van der Waals surface area contributed by atoms with E-state index in [2.05, 4.69) is 65.4 Å². The molecule has 156 valence electrons. The number of allylic oxidation sites excluding steroid dienone is 2. The number of amides is 1. The van der Waals surface area contributed by atoms with Crippen molar-refractivity contribution in [3.05, 3.63) is 101 Å². The lowest BCUT2D eigenvalue weighted by Gasteiger charge is -2.37. The van der Waals surface area contributed by atoms with Crippen LogP contribution < -0.4 is 10.6 Å². The fourth-order valence-corrected chi connectivity index (χ4v) is 5.21. The number of hydrogen-bond donors (Lipinski definition) is 2. The first-order valence-corrected chi connectivity index (χ1v) is 11.9. The summed E-state index contributed by atoms with van der Waals surface area (Å²) in [6.07, 6.45) is 7.80. The fraction of sp³-hybridized carbons (Fsp3) is 0.222. The predicted molar refractivity (Wildman–Crippen MR) is 130 cm³/mol. The van der Waals surface area contributed by atoms with Crippen molar-refractivity contribution in [3.63, 3.8) is 0 Å². The number of rotatable bonds is 4. The van der Waals surface area contributed by atoms with E-state index in [4.69, 9.17) is 0 Å². The number of aryl methyl sites for hydroxylation is 1. The summed E-state index contributed by atoms with van der Waals surface area (Å²) < 4.78 is 0. The van der Waals surface area contributed by atoms with Gasteiger partial charge in [-0.2, -0.15) is 0 Å². The van der Waals surface area contributed by atoms with Crippen LogP contribution in [0.4, 0.5) is 11.4 Å². The summed E-state index contributed by atoms with van der Waals surface area (Å²) in [7, 11) is 0. The molecule has 0 aromatic heterocycles. The zero-order valence-corrected chi connectivity index (χ0v) is 18.6. The van der Waals surface area contributed by atoms with Crippen molar-refractivity contribution in [3.8, 4) is 0 Å². The smallest absolute Gasteiger partial charge is 0.255 e. The fourth-order valence-electron chi connectivity index (χ4n) is 4.80. The molecule has 0 bridgehead atoms. The molecule has 0 saturated heterocycles. The molecule has 1 aliphatic heterocycles. The predicted octanol–water partition coefficient (Wildman–Crippen LogP) is 6.80. The number of hydrogen-bond acceptors (Lipinski definition) is 3. The Labute approximate surface area is 188 Å². The van der Waals surface area contributed by atoms with Crippen molar-refractivity contribution in [1.82, 2.24) is 0 Å². The third kappa shape index (κ3) is 3.88. The Morgan fingerprint density at radius 2 is 1.90 bits per heavy atom. The average molecular weight is 427 g/mol. The molecule has 1 amide bonds. The second-order valence-corrected chi connectivity index (χ2v) is 9.25. The molecule has 3 atom stereocenters. The van der Waals surface area contributed by atoms with E-state index < -0.39 is 0 Å². The first-order chi connectivity index (χ1) is 15.1. The minimum atomic E-state index is -0.0716. The SMILES string of the molecule is CSc1ccc(C2Nc3ccc(NC(=O)c4cccc(C)c4)cc3C3C=CCC32)cc1. The summed E-state index contributed by atoms with van der Waals surface area (Å²) in [5.41, 5.74) is 6.35. The van der Waals surface area contributed by atoms with Crippen molar-refractivity contribution in [2.24, 2.45) is 5.92 Å². The topological polar surface area (TPSA) is 41.1 Å². The zero-order valence-electron chi connectivity index (χ0n) is 17.8. The number of anilines is 2. The second-order valence-electron chi connectivity index (χ2n) is 8.37. The van der Waals surface area contributed by atoms with E-state index in [1.165, 1.54) is 16.0 Å². The van der Waals surface area contributed by atoms with Crippen LogP contribution in [0.5, 0.6) is 0 Å². The van der Waals surface area contributed by atoms with Gasteiger partial charge in [-0.05, 0) is 79.1 Å². The molecule has 2 N–H and O–H groups in total. The van der Waals surface area contributed by atoms with Gasteiger partial charge in [-0.15, -0.1) is 11.8 Å². The average Bonchev–Trinajstić information content (AvgIpc) is 3.29. The third-order valence-electron chi connectivity index (χ3n) is 6.38. The van der Waals surface area contributed by atoms with Crippen molar-refractivity contribution in [2.45, 2.75) is 30.2 Å². The highest BCUT2D eigenvalue weighted by molar-refractivity contribution is 7.98. The van der Waals surface area contributed by atoms with Crippen LogP contribution in [0.2, 0.25) is 0 Å². The van der Waals surface area contributed by atoms with Gasteiger partial charge in [0.05, 0.1) is 6.04 Å². The van der Waals surface area contributed by atoms with Gasteiger partial charge in [0.25, 0.3) is 5.91 Å². The largest absolute Gasteiger partial charge is 0.378 e. The summed E-state index contributed by atoms with van der Waals surface area (Å²) >= 11 is 1.77. The van der Waals surface area contributed by atoms with Crippen LogP contribution in [0.25, 0.3) is 0 Å². The van der Waals surface area contributed by atoms with E-state index in [0.717, 1.165) is 23.4 Å². The molecule has 3 aromatic carbocycles. The van der Waals surface area contributed by atoms with Crippen LogP contribution >= 0.6 is 11.8 Å². The normalized spacial score (nSPS) is 21.2. The maximum atomic E-state index is 12.7. The van der Waals surface area contributed by atoms with Gasteiger partial charge in [0.15, 0.2) is 0 Å². The summed E-state index contributed by atoms with van der Waals surface area (Å²) in [6.45, 7) is 2.00. The number of thioether (sulfide) groups is 1. The van der Waals surface area contributed by atoms with E-state index in [-0.39, 0.29) is 11.9 Å². The van der Waals surface area contributed by atoms with Gasteiger partial charge in [-0.1, -0.05) is 42.0 Å². The number of carbonyl (C=O) groups is 1. The van der Waals surface area contributed by atoms with Crippen molar-refractivity contribution < 1.29 is 4.79 Å². The molecular formula is C27H26N2OS. The van der Waals surface area contributed by atoms with Gasteiger partial charge in [-0.3, -0.25) is 4.79 Å². The first kappa shape index (κ1) is 20.0. The van der Waals surface area contributed by atoms with Gasteiger partial charge in [0.1, 0.15) is 0 Å². The molecule has 31 heavy (non-hydrogen) atoms. The standard InChI is InChI=1S/C27H26N2OS/c1-17-5-3-6-19(15-17)27(30)28-20-11-14-25-24(16-20)22-7-4-8-23(22)26(29-25)18-9-12-21(31-2)13-10-18/h3-7,9-16,22-23,26,29H,8H2,1-2H3,(H,28,30). The maximum Gasteiger partial charge on any atom is 0.255 e. The number of nitrogens with one attached hydrogen (secondary N) is 2. The van der Waals surface area contributed by atoms with Crippen molar-refractivity contribution in [2.75, 3.05) is 16.9 Å². The van der Waals surface area contributed by atoms with Crippen LogP contribution in [0.1, 0.15) is 45.4 Å². The lowest BCUT2D eigenvalue weighted by atomic mass is 9.77. The Balaban J connectivity index is 1.42. The molecule has 1 aliphatic carbocycles. The third-order valence-corrected chi connectivity index (χ3v) is 7.12. The summed E-state index contributed by atoms with van der Waals surface area (Å²) in [5, 5.41) is 6.86. The van der Waals surface area contributed by atoms with Crippen LogP contribution in [0.3, 0.4) is 0 Å². The zero-order chi connectivity index (χ0) is 21.4. The van der Waals surface area contributed by atoms with Crippen molar-refractivity contribution >= 4 is 29.0 Å². The lowest BCUT2D eigenvalue weighted by Crippen LogP contribution is -2.29. The molecule has 0 radical (unpaired) electrons. The summed E-state index contributed by atoms with van der Waals surface area (Å²) in [5.74, 6) is 0.769. The van der Waals surface area contributed by atoms with Gasteiger partial charge in [0.2, 0.25) is 0 Å². The Kier molecular flexibility index (Phi) is 5.33. The Hall–Kier alpha value is -2.98. The summed E-state index contributed by atoms with van der Waals surface area (Å²) in [6, 6.07) is 23.1. The molecule has 3 unspecified atom stereocenters. The molecule has 0 spiro atoms. The number of carbonyl (C=O) groups excluding carboxylic acids is 1. The molecule has 5 rings (SSSR count). The highest BCUT2D eigenvalue weighted by Gasteiger charge is 2.37. The van der Waals surface area contributed by atoms with Crippen molar-refractivity contribution in [1.29, 1.82) is 0 Å². The van der Waals surface area contributed by atoms with E-state index in [1.54, 1.807) is 11.8 Å². The Bertz CT molecular complexity index is 1150. The van der Waals surface area contributed by atoms with Crippen LogP contribution in [-0.2, 0) is 0 Å². The number of fused-ring (bicyclic) bond motifs is 3. The molecule has 1 heterocycles. The molecule has 3 aromatic rings. The quantitative estimate of drug-likeness (QED) is 0.356. The van der Waals surface area contributed by atoms with Gasteiger partial charge < -0.3 is 10.6 Å². The molecule has 4 heteroatoms. The van der Waals surface area contributed by atoms with Crippen LogP contribution in [-0.4, -0.2) is 12.2 Å². The molecule has 0 saturated carbocycles. The minimum absolute atomic E-state index is 0.0716. The van der Waals surface area contributed by atoms with E-state index >= 15 is 0 Å². The van der Waals surface area contributed by atoms with E-state index in [1.807, 2.05) is 37.3 Å². The van der Waals surface area contributed by atoms with Crippen LogP contribution in [0.15, 0.2) is 83.8 Å². The highest BCUT2D eigenvalue weighted by Crippen LogP contribution is 2.50. The second kappa shape index (κ2) is 8.27. The molecular weight excluding hydrogens is 400 g/mol. The van der Waals surface area contributed by atoms with E-state index in [9.17, 15) is 4.79 Å². The van der Waals surface area contributed by atoms with Gasteiger partial charge >= 0.3 is 0 Å². The lowest BCUT2D eigenvalue weighted by molar-refractivity contribution is 0.102. The first-order valence-electron chi connectivity index (χ1n) is 10.7.